The molecular weight excluding hydrogens is 350 g/mol. The molecule has 0 aliphatic rings. The highest BCUT2D eigenvalue weighted by Crippen LogP contribution is 2.24. The van der Waals surface area contributed by atoms with Crippen LogP contribution in [0.3, 0.4) is 0 Å². The smallest absolute Gasteiger partial charge is 0.248 e. The second-order valence-corrected chi connectivity index (χ2v) is 6.82. The van der Waals surface area contributed by atoms with Crippen LogP contribution in [0, 0.1) is 0 Å². The first-order valence-electron chi connectivity index (χ1n) is 7.87. The van der Waals surface area contributed by atoms with Crippen LogP contribution in [0.5, 0.6) is 0 Å². The van der Waals surface area contributed by atoms with Crippen LogP contribution in [0.15, 0.2) is 66.1 Å². The van der Waals surface area contributed by atoms with Crippen molar-refractivity contribution >= 4 is 29.3 Å². The van der Waals surface area contributed by atoms with E-state index in [9.17, 15) is 9.59 Å². The molecule has 0 spiro atoms. The van der Waals surface area contributed by atoms with Crippen LogP contribution in [0.2, 0.25) is 0 Å². The molecule has 3 N–H and O–H groups in total. The van der Waals surface area contributed by atoms with Crippen LogP contribution in [0.4, 0.5) is 5.69 Å². The first-order chi connectivity index (χ1) is 12.5. The molecule has 8 heteroatoms. The SMILES string of the molecule is CC(Sc1nncn1-c1ccccc1)C(=O)Nc1ccc(C(N)=O)cc1. The van der Waals surface area contributed by atoms with Gasteiger partial charge in [0.1, 0.15) is 6.33 Å². The standard InChI is InChI=1S/C18H17N5O2S/c1-12(17(25)21-14-9-7-13(8-10-14)16(19)24)26-18-22-20-11-23(18)15-5-3-2-4-6-15/h2-12H,1H3,(H2,19,24)(H,21,25). The van der Waals surface area contributed by atoms with Gasteiger partial charge in [-0.3, -0.25) is 14.2 Å². The molecule has 1 unspecified atom stereocenters. The zero-order valence-electron chi connectivity index (χ0n) is 14.0. The monoisotopic (exact) mass is 367 g/mol. The van der Waals surface area contributed by atoms with Crippen LogP contribution in [0.25, 0.3) is 5.69 Å². The fraction of sp³-hybridized carbons (Fsp3) is 0.111. The number of aromatic nitrogens is 3. The zero-order valence-corrected chi connectivity index (χ0v) is 14.8. The van der Waals surface area contributed by atoms with Crippen molar-refractivity contribution in [3.05, 3.63) is 66.5 Å². The lowest BCUT2D eigenvalue weighted by Crippen LogP contribution is -2.23. The number of benzene rings is 2. The van der Waals surface area contributed by atoms with Crippen LogP contribution in [-0.2, 0) is 4.79 Å². The summed E-state index contributed by atoms with van der Waals surface area (Å²) in [6.45, 7) is 1.79. The molecular formula is C18H17N5O2S. The molecule has 0 radical (unpaired) electrons. The minimum Gasteiger partial charge on any atom is -0.366 e. The van der Waals surface area contributed by atoms with Gasteiger partial charge in [-0.25, -0.2) is 0 Å². The molecule has 26 heavy (non-hydrogen) atoms. The van der Waals surface area contributed by atoms with Gasteiger partial charge in [-0.1, -0.05) is 30.0 Å². The number of primary amides is 1. The maximum absolute atomic E-state index is 12.4. The van der Waals surface area contributed by atoms with Crippen LogP contribution >= 0.6 is 11.8 Å². The molecule has 0 fully saturated rings. The van der Waals surface area contributed by atoms with Crippen LogP contribution in [0.1, 0.15) is 17.3 Å². The summed E-state index contributed by atoms with van der Waals surface area (Å²) < 4.78 is 1.83. The first kappa shape index (κ1) is 17.7. The van der Waals surface area contributed by atoms with Crippen molar-refractivity contribution in [2.45, 2.75) is 17.3 Å². The molecule has 0 saturated heterocycles. The summed E-state index contributed by atoms with van der Waals surface area (Å²) >= 11 is 1.31. The van der Waals surface area contributed by atoms with E-state index < -0.39 is 11.2 Å². The number of thioether (sulfide) groups is 1. The minimum atomic E-state index is -0.507. The van der Waals surface area contributed by atoms with Gasteiger partial charge in [0.15, 0.2) is 5.16 Å². The summed E-state index contributed by atoms with van der Waals surface area (Å²) in [5.74, 6) is -0.684. The number of hydrogen-bond acceptors (Lipinski definition) is 5. The second-order valence-electron chi connectivity index (χ2n) is 5.51. The summed E-state index contributed by atoms with van der Waals surface area (Å²) in [7, 11) is 0. The number of nitrogens with one attached hydrogen (secondary N) is 1. The second kappa shape index (κ2) is 7.83. The van der Waals surface area contributed by atoms with Crippen LogP contribution in [-0.4, -0.2) is 31.8 Å². The predicted molar refractivity (Wildman–Crippen MR) is 100 cm³/mol. The number of carbonyl (C=O) groups is 2. The van der Waals surface area contributed by atoms with Gasteiger partial charge in [-0.2, -0.15) is 0 Å². The molecule has 1 atom stereocenters. The Bertz CT molecular complexity index is 909. The van der Waals surface area contributed by atoms with E-state index in [-0.39, 0.29) is 5.91 Å². The van der Waals surface area contributed by atoms with Crippen molar-refractivity contribution in [1.82, 2.24) is 14.8 Å². The van der Waals surface area contributed by atoms with Crippen molar-refractivity contribution in [3.8, 4) is 5.69 Å². The molecule has 2 amide bonds. The Morgan fingerprint density at radius 3 is 2.46 bits per heavy atom. The topological polar surface area (TPSA) is 103 Å². The maximum Gasteiger partial charge on any atom is 0.248 e. The van der Waals surface area contributed by atoms with Gasteiger partial charge >= 0.3 is 0 Å². The number of hydrogen-bond donors (Lipinski definition) is 2. The fourth-order valence-corrected chi connectivity index (χ4v) is 3.09. The third-order valence-electron chi connectivity index (χ3n) is 3.64. The number of amides is 2. The molecule has 0 saturated carbocycles. The zero-order chi connectivity index (χ0) is 18.5. The van der Waals surface area contributed by atoms with Crippen molar-refractivity contribution < 1.29 is 9.59 Å². The van der Waals surface area contributed by atoms with E-state index in [1.165, 1.54) is 11.8 Å². The summed E-state index contributed by atoms with van der Waals surface area (Å²) in [5.41, 5.74) is 7.12. The number of nitrogens with zero attached hydrogens (tertiary/aromatic N) is 3. The highest BCUT2D eigenvalue weighted by Gasteiger charge is 2.18. The number of para-hydroxylation sites is 1. The quantitative estimate of drug-likeness (QED) is 0.652. The summed E-state index contributed by atoms with van der Waals surface area (Å²) in [6.07, 6.45) is 1.62. The summed E-state index contributed by atoms with van der Waals surface area (Å²) in [5, 5.41) is 11.1. The average Bonchev–Trinajstić information content (AvgIpc) is 3.11. The van der Waals surface area contributed by atoms with E-state index in [1.807, 2.05) is 34.9 Å². The van der Waals surface area contributed by atoms with Gasteiger partial charge in [0, 0.05) is 16.9 Å². The number of nitrogens with two attached hydrogens (primary N) is 1. The molecule has 0 aliphatic carbocycles. The molecule has 3 aromatic rings. The Hall–Kier alpha value is -3.13. The van der Waals surface area contributed by atoms with Crippen LogP contribution < -0.4 is 11.1 Å². The molecule has 1 aromatic heterocycles. The fourth-order valence-electron chi connectivity index (χ4n) is 2.24. The molecule has 0 aliphatic heterocycles. The Morgan fingerprint density at radius 2 is 1.81 bits per heavy atom. The van der Waals surface area contributed by atoms with Gasteiger partial charge in [-0.15, -0.1) is 10.2 Å². The van der Waals surface area contributed by atoms with Gasteiger partial charge < -0.3 is 11.1 Å². The largest absolute Gasteiger partial charge is 0.366 e. The summed E-state index contributed by atoms with van der Waals surface area (Å²) in [4.78, 5) is 23.5. The lowest BCUT2D eigenvalue weighted by molar-refractivity contribution is -0.115. The predicted octanol–water partition coefficient (Wildman–Crippen LogP) is 2.49. The Balaban J connectivity index is 1.67. The molecule has 1 heterocycles. The first-order valence-corrected chi connectivity index (χ1v) is 8.75. The van der Waals surface area contributed by atoms with E-state index in [0.29, 0.717) is 16.4 Å². The van der Waals surface area contributed by atoms with E-state index >= 15 is 0 Å². The Morgan fingerprint density at radius 1 is 1.12 bits per heavy atom. The Kier molecular flexibility index (Phi) is 5.33. The van der Waals surface area contributed by atoms with Crippen molar-refractivity contribution in [2.24, 2.45) is 5.73 Å². The molecule has 3 rings (SSSR count). The lowest BCUT2D eigenvalue weighted by atomic mass is 10.2. The average molecular weight is 367 g/mol. The van der Waals surface area contributed by atoms with E-state index in [4.69, 9.17) is 5.73 Å². The van der Waals surface area contributed by atoms with Crippen molar-refractivity contribution in [1.29, 1.82) is 0 Å². The number of rotatable bonds is 6. The number of carbonyl (C=O) groups excluding carboxylic acids is 2. The van der Waals surface area contributed by atoms with Crippen molar-refractivity contribution in [2.75, 3.05) is 5.32 Å². The third kappa shape index (κ3) is 4.09. The third-order valence-corrected chi connectivity index (χ3v) is 4.70. The van der Waals surface area contributed by atoms with Gasteiger partial charge in [0.05, 0.1) is 5.25 Å². The maximum atomic E-state index is 12.4. The molecule has 0 bridgehead atoms. The van der Waals surface area contributed by atoms with Gasteiger partial charge in [0.2, 0.25) is 11.8 Å². The molecule has 7 nitrogen and oxygen atoms in total. The normalized spacial score (nSPS) is 11.7. The summed E-state index contributed by atoms with van der Waals surface area (Å²) in [6, 6.07) is 16.1. The molecule has 2 aromatic carbocycles. The van der Waals surface area contributed by atoms with E-state index in [2.05, 4.69) is 15.5 Å². The Labute approximate surface area is 154 Å². The van der Waals surface area contributed by atoms with Gasteiger partial charge in [-0.05, 0) is 43.3 Å². The minimum absolute atomic E-state index is 0.176. The highest BCUT2D eigenvalue weighted by atomic mass is 32.2. The van der Waals surface area contributed by atoms with E-state index in [0.717, 1.165) is 5.69 Å². The lowest BCUT2D eigenvalue weighted by Gasteiger charge is -2.12. The highest BCUT2D eigenvalue weighted by molar-refractivity contribution is 8.00. The van der Waals surface area contributed by atoms with Gasteiger partial charge in [0.25, 0.3) is 0 Å². The van der Waals surface area contributed by atoms with Crippen molar-refractivity contribution in [3.63, 3.8) is 0 Å². The number of anilines is 1. The molecule has 132 valence electrons. The van der Waals surface area contributed by atoms with E-state index in [1.54, 1.807) is 37.5 Å².